The van der Waals surface area contributed by atoms with Gasteiger partial charge in [0.05, 0.1) is 5.60 Å². The van der Waals surface area contributed by atoms with Crippen LogP contribution in [0.2, 0.25) is 0 Å². The predicted octanol–water partition coefficient (Wildman–Crippen LogP) is -0.110. The maximum atomic E-state index is 11.5. The summed E-state index contributed by atoms with van der Waals surface area (Å²) in [6.45, 7) is 5.50. The number of hydrogen-bond donors (Lipinski definition) is 2. The van der Waals surface area contributed by atoms with Crippen LogP contribution in [-0.2, 0) is 9.53 Å². The minimum Gasteiger partial charge on any atom is -0.376 e. The van der Waals surface area contributed by atoms with Crippen molar-refractivity contribution in [2.45, 2.75) is 31.9 Å². The largest absolute Gasteiger partial charge is 0.376 e. The van der Waals surface area contributed by atoms with E-state index in [0.29, 0.717) is 6.54 Å². The van der Waals surface area contributed by atoms with Crippen molar-refractivity contribution >= 4 is 5.91 Å². The van der Waals surface area contributed by atoms with E-state index >= 15 is 0 Å². The lowest BCUT2D eigenvalue weighted by molar-refractivity contribution is -0.133. The summed E-state index contributed by atoms with van der Waals surface area (Å²) in [6.07, 6.45) is 0.814. The van der Waals surface area contributed by atoms with Crippen LogP contribution in [0.1, 0.15) is 20.3 Å². The van der Waals surface area contributed by atoms with Gasteiger partial charge >= 0.3 is 0 Å². The first-order valence-corrected chi connectivity index (χ1v) is 4.70. The molecule has 0 bridgehead atoms. The Morgan fingerprint density at radius 3 is 2.77 bits per heavy atom. The zero-order valence-electron chi connectivity index (χ0n) is 8.52. The summed E-state index contributed by atoms with van der Waals surface area (Å²) >= 11 is 0. The topological polar surface area (TPSA) is 50.4 Å². The number of amides is 1. The first-order chi connectivity index (χ1) is 6.14. The van der Waals surface area contributed by atoms with Crippen molar-refractivity contribution in [1.29, 1.82) is 0 Å². The summed E-state index contributed by atoms with van der Waals surface area (Å²) < 4.78 is 5.37. The lowest BCUT2D eigenvalue weighted by Gasteiger charge is -2.37. The minimum atomic E-state index is -0.398. The van der Waals surface area contributed by atoms with Crippen LogP contribution >= 0.6 is 0 Å². The Kier molecular flexibility index (Phi) is 3.27. The van der Waals surface area contributed by atoms with Gasteiger partial charge in [0, 0.05) is 20.2 Å². The molecule has 0 aliphatic carbocycles. The van der Waals surface area contributed by atoms with E-state index in [1.165, 1.54) is 0 Å². The summed E-state index contributed by atoms with van der Waals surface area (Å²) in [6, 6.07) is -0.226. The van der Waals surface area contributed by atoms with E-state index in [4.69, 9.17) is 4.74 Å². The average Bonchev–Trinajstić information content (AvgIpc) is 2.17. The molecular formula is C9H18N2O2. The molecule has 1 heterocycles. The van der Waals surface area contributed by atoms with Crippen LogP contribution in [-0.4, -0.2) is 37.7 Å². The number of carbonyl (C=O) groups excluding carboxylic acids is 1. The Labute approximate surface area is 79.0 Å². The zero-order chi connectivity index (χ0) is 9.90. The van der Waals surface area contributed by atoms with Gasteiger partial charge in [-0.2, -0.15) is 0 Å². The van der Waals surface area contributed by atoms with Gasteiger partial charge in [-0.3, -0.25) is 4.79 Å². The quantitative estimate of drug-likeness (QED) is 0.646. The fourth-order valence-electron chi connectivity index (χ4n) is 1.56. The van der Waals surface area contributed by atoms with E-state index in [1.807, 2.05) is 13.8 Å². The SMILES string of the molecule is CCC(C)(OC)C1NCCNC1=O. The number of hydrogen-bond acceptors (Lipinski definition) is 3. The zero-order valence-corrected chi connectivity index (χ0v) is 8.52. The second-order valence-electron chi connectivity index (χ2n) is 3.55. The van der Waals surface area contributed by atoms with Crippen molar-refractivity contribution in [2.24, 2.45) is 0 Å². The molecule has 2 N–H and O–H groups in total. The lowest BCUT2D eigenvalue weighted by atomic mass is 9.91. The number of carbonyl (C=O) groups is 1. The van der Waals surface area contributed by atoms with Gasteiger partial charge in [0.1, 0.15) is 6.04 Å². The molecule has 4 heteroatoms. The maximum Gasteiger partial charge on any atom is 0.240 e. The van der Waals surface area contributed by atoms with Crippen LogP contribution in [0, 0.1) is 0 Å². The molecule has 0 radical (unpaired) electrons. The third-order valence-corrected chi connectivity index (χ3v) is 2.81. The van der Waals surface area contributed by atoms with Gasteiger partial charge in [-0.1, -0.05) is 6.92 Å². The third-order valence-electron chi connectivity index (χ3n) is 2.81. The highest BCUT2D eigenvalue weighted by Gasteiger charge is 2.38. The van der Waals surface area contributed by atoms with Crippen LogP contribution in [0.4, 0.5) is 0 Å². The molecule has 76 valence electrons. The van der Waals surface area contributed by atoms with Crippen molar-refractivity contribution in [2.75, 3.05) is 20.2 Å². The number of ether oxygens (including phenoxy) is 1. The van der Waals surface area contributed by atoms with Crippen LogP contribution in [0.3, 0.4) is 0 Å². The van der Waals surface area contributed by atoms with Crippen molar-refractivity contribution in [1.82, 2.24) is 10.6 Å². The Balaban J connectivity index is 2.71. The smallest absolute Gasteiger partial charge is 0.240 e. The monoisotopic (exact) mass is 186 g/mol. The molecule has 0 spiro atoms. The average molecular weight is 186 g/mol. The summed E-state index contributed by atoms with van der Waals surface area (Å²) in [5.74, 6) is 0.0393. The van der Waals surface area contributed by atoms with Crippen LogP contribution in [0.5, 0.6) is 0 Å². The van der Waals surface area contributed by atoms with Gasteiger partial charge in [-0.15, -0.1) is 0 Å². The second kappa shape index (κ2) is 4.07. The van der Waals surface area contributed by atoms with Crippen molar-refractivity contribution in [3.05, 3.63) is 0 Å². The molecule has 1 rings (SSSR count). The van der Waals surface area contributed by atoms with E-state index < -0.39 is 5.60 Å². The molecule has 0 aromatic carbocycles. The predicted molar refractivity (Wildman–Crippen MR) is 50.5 cm³/mol. The Morgan fingerprint density at radius 2 is 2.31 bits per heavy atom. The van der Waals surface area contributed by atoms with Gasteiger partial charge in [0.2, 0.25) is 5.91 Å². The molecule has 0 aromatic heterocycles. The molecule has 1 fully saturated rings. The number of methoxy groups -OCH3 is 1. The third kappa shape index (κ3) is 2.00. The van der Waals surface area contributed by atoms with Gasteiger partial charge in [0.25, 0.3) is 0 Å². The van der Waals surface area contributed by atoms with Gasteiger partial charge < -0.3 is 15.4 Å². The normalized spacial score (nSPS) is 27.9. The molecule has 1 aliphatic heterocycles. The molecular weight excluding hydrogens is 168 g/mol. The Hall–Kier alpha value is -0.610. The van der Waals surface area contributed by atoms with E-state index in [1.54, 1.807) is 7.11 Å². The highest BCUT2D eigenvalue weighted by atomic mass is 16.5. The molecule has 13 heavy (non-hydrogen) atoms. The van der Waals surface area contributed by atoms with Crippen molar-refractivity contribution in [3.63, 3.8) is 0 Å². The molecule has 1 aliphatic rings. The standard InChI is InChI=1S/C9H18N2O2/c1-4-9(2,13-3)7-8(12)11-6-5-10-7/h7,10H,4-6H2,1-3H3,(H,11,12). The Morgan fingerprint density at radius 1 is 1.62 bits per heavy atom. The molecule has 0 saturated carbocycles. The summed E-state index contributed by atoms with van der Waals surface area (Å²) in [4.78, 5) is 11.5. The van der Waals surface area contributed by atoms with E-state index in [2.05, 4.69) is 10.6 Å². The van der Waals surface area contributed by atoms with Crippen molar-refractivity contribution in [3.8, 4) is 0 Å². The summed E-state index contributed by atoms with van der Waals surface area (Å²) in [5.41, 5.74) is -0.398. The fraction of sp³-hybridized carbons (Fsp3) is 0.889. The van der Waals surface area contributed by atoms with Gasteiger partial charge in [0.15, 0.2) is 0 Å². The minimum absolute atomic E-state index is 0.0393. The van der Waals surface area contributed by atoms with Gasteiger partial charge in [-0.25, -0.2) is 0 Å². The molecule has 1 saturated heterocycles. The summed E-state index contributed by atoms with van der Waals surface area (Å²) in [5, 5.41) is 6.00. The van der Waals surface area contributed by atoms with Crippen LogP contribution in [0.25, 0.3) is 0 Å². The molecule has 0 aromatic rings. The fourth-order valence-corrected chi connectivity index (χ4v) is 1.56. The first-order valence-electron chi connectivity index (χ1n) is 4.70. The second-order valence-corrected chi connectivity index (χ2v) is 3.55. The maximum absolute atomic E-state index is 11.5. The van der Waals surface area contributed by atoms with Crippen molar-refractivity contribution < 1.29 is 9.53 Å². The Bertz CT molecular complexity index is 190. The summed E-state index contributed by atoms with van der Waals surface area (Å²) in [7, 11) is 1.65. The highest BCUT2D eigenvalue weighted by molar-refractivity contribution is 5.83. The number of nitrogens with one attached hydrogen (secondary N) is 2. The van der Waals surface area contributed by atoms with E-state index in [9.17, 15) is 4.79 Å². The van der Waals surface area contributed by atoms with Gasteiger partial charge in [-0.05, 0) is 13.3 Å². The molecule has 2 atom stereocenters. The van der Waals surface area contributed by atoms with Crippen LogP contribution in [0.15, 0.2) is 0 Å². The highest BCUT2D eigenvalue weighted by Crippen LogP contribution is 2.20. The van der Waals surface area contributed by atoms with E-state index in [-0.39, 0.29) is 11.9 Å². The number of piperazine rings is 1. The molecule has 1 amide bonds. The number of rotatable bonds is 3. The molecule has 4 nitrogen and oxygen atoms in total. The lowest BCUT2D eigenvalue weighted by Crippen LogP contribution is -2.63. The molecule has 2 unspecified atom stereocenters. The van der Waals surface area contributed by atoms with Crippen LogP contribution < -0.4 is 10.6 Å². The van der Waals surface area contributed by atoms with E-state index in [0.717, 1.165) is 13.0 Å². The first kappa shape index (κ1) is 10.5.